The zero-order valence-corrected chi connectivity index (χ0v) is 16.8. The lowest BCUT2D eigenvalue weighted by molar-refractivity contribution is 0.466. The van der Waals surface area contributed by atoms with Crippen LogP contribution in [0.4, 0.5) is 0 Å². The summed E-state index contributed by atoms with van der Waals surface area (Å²) in [6.45, 7) is 8.09. The van der Waals surface area contributed by atoms with Gasteiger partial charge in [-0.15, -0.1) is 0 Å². The molecule has 23 heavy (non-hydrogen) atoms. The molecule has 0 saturated carbocycles. The van der Waals surface area contributed by atoms with Gasteiger partial charge in [0.2, 0.25) is 0 Å². The number of hydrogen-bond acceptors (Lipinski definition) is 1. The quantitative estimate of drug-likeness (QED) is 0.241. The summed E-state index contributed by atoms with van der Waals surface area (Å²) in [7, 11) is 0. The van der Waals surface area contributed by atoms with Gasteiger partial charge in [-0.25, -0.2) is 0 Å². The van der Waals surface area contributed by atoms with E-state index in [4.69, 9.17) is 0 Å². The Kier molecular flexibility index (Phi) is 20.0. The van der Waals surface area contributed by atoms with Crippen LogP contribution < -0.4 is 5.32 Å². The van der Waals surface area contributed by atoms with Crippen molar-refractivity contribution < 1.29 is 0 Å². The van der Waals surface area contributed by atoms with Crippen molar-refractivity contribution in [2.75, 3.05) is 6.54 Å². The van der Waals surface area contributed by atoms with E-state index < -0.39 is 0 Å². The zero-order chi connectivity index (χ0) is 17.0. The van der Waals surface area contributed by atoms with Gasteiger partial charge in [0.1, 0.15) is 0 Å². The van der Waals surface area contributed by atoms with Crippen LogP contribution in [-0.4, -0.2) is 12.6 Å². The Bertz CT molecular complexity index is 198. The lowest BCUT2D eigenvalue weighted by Crippen LogP contribution is -2.28. The molecule has 0 fully saturated rings. The topological polar surface area (TPSA) is 12.0 Å². The molecule has 1 nitrogen and oxygen atoms in total. The van der Waals surface area contributed by atoms with Gasteiger partial charge in [0, 0.05) is 6.04 Å². The molecular formula is C22H47N. The van der Waals surface area contributed by atoms with Gasteiger partial charge in [0.05, 0.1) is 0 Å². The molecule has 0 spiro atoms. The van der Waals surface area contributed by atoms with Gasteiger partial charge >= 0.3 is 0 Å². The van der Waals surface area contributed by atoms with Gasteiger partial charge in [-0.2, -0.15) is 0 Å². The van der Waals surface area contributed by atoms with Gasteiger partial charge in [0.25, 0.3) is 0 Å². The second-order valence-electron chi connectivity index (χ2n) is 7.42. The van der Waals surface area contributed by atoms with E-state index in [2.05, 4.69) is 26.1 Å². The van der Waals surface area contributed by atoms with E-state index in [0.717, 1.165) is 6.04 Å². The zero-order valence-electron chi connectivity index (χ0n) is 16.8. The molecule has 0 amide bonds. The fourth-order valence-corrected chi connectivity index (χ4v) is 3.38. The highest BCUT2D eigenvalue weighted by molar-refractivity contribution is 4.61. The van der Waals surface area contributed by atoms with Crippen molar-refractivity contribution in [3.05, 3.63) is 0 Å². The normalized spacial score (nSPS) is 11.5. The summed E-state index contributed by atoms with van der Waals surface area (Å²) < 4.78 is 0. The van der Waals surface area contributed by atoms with Crippen LogP contribution in [0.2, 0.25) is 0 Å². The van der Waals surface area contributed by atoms with Crippen LogP contribution in [0.25, 0.3) is 0 Å². The fraction of sp³-hybridized carbons (Fsp3) is 1.00. The molecule has 0 rings (SSSR count). The standard InChI is InChI=1S/C22H47N/c1-4-7-8-9-10-11-12-13-14-15-16-17-18-19-20-21-23-22(5-2)6-3/h22-23H,4-21H2,1-3H3. The van der Waals surface area contributed by atoms with E-state index in [1.165, 1.54) is 116 Å². The smallest absolute Gasteiger partial charge is 0.00618 e. The molecule has 0 aromatic rings. The summed E-state index contributed by atoms with van der Waals surface area (Å²) in [6.07, 6.45) is 24.3. The Hall–Kier alpha value is -0.0400. The van der Waals surface area contributed by atoms with Crippen LogP contribution in [0.15, 0.2) is 0 Å². The highest BCUT2D eigenvalue weighted by atomic mass is 14.9. The van der Waals surface area contributed by atoms with Gasteiger partial charge in [-0.1, -0.05) is 111 Å². The molecule has 1 N–H and O–H groups in total. The van der Waals surface area contributed by atoms with E-state index in [1.807, 2.05) is 0 Å². The number of unbranched alkanes of at least 4 members (excludes halogenated alkanes) is 14. The average Bonchev–Trinajstić information content (AvgIpc) is 2.58. The first-order chi connectivity index (χ1) is 11.3. The maximum absolute atomic E-state index is 3.67. The maximum atomic E-state index is 3.67. The van der Waals surface area contributed by atoms with Gasteiger partial charge < -0.3 is 5.32 Å². The molecular weight excluding hydrogens is 278 g/mol. The summed E-state index contributed by atoms with van der Waals surface area (Å²) in [5, 5.41) is 3.67. The summed E-state index contributed by atoms with van der Waals surface area (Å²) in [4.78, 5) is 0. The first-order valence-electron chi connectivity index (χ1n) is 11.1. The molecule has 0 aromatic heterocycles. The lowest BCUT2D eigenvalue weighted by atomic mass is 10.0. The highest BCUT2D eigenvalue weighted by Crippen LogP contribution is 2.13. The summed E-state index contributed by atoms with van der Waals surface area (Å²) >= 11 is 0. The minimum atomic E-state index is 0.752. The van der Waals surface area contributed by atoms with Crippen molar-refractivity contribution in [2.45, 2.75) is 136 Å². The van der Waals surface area contributed by atoms with Crippen LogP contribution in [0, 0.1) is 0 Å². The monoisotopic (exact) mass is 325 g/mol. The molecule has 140 valence electrons. The Morgan fingerprint density at radius 1 is 0.478 bits per heavy atom. The summed E-state index contributed by atoms with van der Waals surface area (Å²) in [6, 6.07) is 0.752. The minimum Gasteiger partial charge on any atom is -0.314 e. The Morgan fingerprint density at radius 2 is 0.826 bits per heavy atom. The van der Waals surface area contributed by atoms with Crippen LogP contribution >= 0.6 is 0 Å². The second kappa shape index (κ2) is 20.0. The van der Waals surface area contributed by atoms with E-state index >= 15 is 0 Å². The molecule has 0 radical (unpaired) electrons. The van der Waals surface area contributed by atoms with E-state index in [9.17, 15) is 0 Å². The fourth-order valence-electron chi connectivity index (χ4n) is 3.38. The number of nitrogens with one attached hydrogen (secondary N) is 1. The third-order valence-corrected chi connectivity index (χ3v) is 5.20. The van der Waals surface area contributed by atoms with Gasteiger partial charge in [0.15, 0.2) is 0 Å². The molecule has 1 heteroatoms. The minimum absolute atomic E-state index is 0.752. The SMILES string of the molecule is CCCCCCCCCCCCCCCCCNC(CC)CC. The predicted octanol–water partition coefficient (Wildman–Crippen LogP) is 7.64. The van der Waals surface area contributed by atoms with Crippen LogP contribution in [0.5, 0.6) is 0 Å². The van der Waals surface area contributed by atoms with Crippen LogP contribution in [-0.2, 0) is 0 Å². The van der Waals surface area contributed by atoms with Crippen LogP contribution in [0.3, 0.4) is 0 Å². The van der Waals surface area contributed by atoms with Crippen molar-refractivity contribution >= 4 is 0 Å². The first kappa shape index (κ1) is 23.0. The Labute approximate surface area is 148 Å². The maximum Gasteiger partial charge on any atom is 0.00618 e. The Morgan fingerprint density at radius 3 is 1.17 bits per heavy atom. The van der Waals surface area contributed by atoms with E-state index in [1.54, 1.807) is 0 Å². The summed E-state index contributed by atoms with van der Waals surface area (Å²) in [5.41, 5.74) is 0. The van der Waals surface area contributed by atoms with Crippen molar-refractivity contribution in [3.8, 4) is 0 Å². The largest absolute Gasteiger partial charge is 0.314 e. The first-order valence-corrected chi connectivity index (χ1v) is 11.1. The molecule has 0 aliphatic carbocycles. The molecule has 0 unspecified atom stereocenters. The third kappa shape index (κ3) is 18.1. The molecule has 0 heterocycles. The van der Waals surface area contributed by atoms with Crippen molar-refractivity contribution in [3.63, 3.8) is 0 Å². The van der Waals surface area contributed by atoms with Crippen LogP contribution in [0.1, 0.15) is 130 Å². The second-order valence-corrected chi connectivity index (χ2v) is 7.42. The van der Waals surface area contributed by atoms with Gasteiger partial charge in [-0.3, -0.25) is 0 Å². The third-order valence-electron chi connectivity index (χ3n) is 5.20. The molecule has 0 bridgehead atoms. The van der Waals surface area contributed by atoms with Crippen molar-refractivity contribution in [1.82, 2.24) is 5.32 Å². The number of hydrogen-bond donors (Lipinski definition) is 1. The highest BCUT2D eigenvalue weighted by Gasteiger charge is 2.00. The molecule has 0 aliphatic heterocycles. The Balaban J connectivity index is 3.02. The predicted molar refractivity (Wildman–Crippen MR) is 107 cm³/mol. The van der Waals surface area contributed by atoms with E-state index in [-0.39, 0.29) is 0 Å². The average molecular weight is 326 g/mol. The molecule has 0 aliphatic rings. The van der Waals surface area contributed by atoms with Crippen molar-refractivity contribution in [2.24, 2.45) is 0 Å². The van der Waals surface area contributed by atoms with E-state index in [0.29, 0.717) is 0 Å². The molecule has 0 atom stereocenters. The lowest BCUT2D eigenvalue weighted by Gasteiger charge is -2.14. The molecule has 0 aromatic carbocycles. The molecule has 0 saturated heterocycles. The van der Waals surface area contributed by atoms with Crippen molar-refractivity contribution in [1.29, 1.82) is 0 Å². The van der Waals surface area contributed by atoms with Gasteiger partial charge in [-0.05, 0) is 25.8 Å². The number of rotatable bonds is 19. The summed E-state index contributed by atoms with van der Waals surface area (Å²) in [5.74, 6) is 0.